The number of aromatic nitrogens is 2. The topological polar surface area (TPSA) is 62.3 Å². The zero-order valence-corrected chi connectivity index (χ0v) is 11.7. The second-order valence-electron chi connectivity index (χ2n) is 4.69. The fourth-order valence-corrected chi connectivity index (χ4v) is 2.18. The summed E-state index contributed by atoms with van der Waals surface area (Å²) in [5, 5.41) is 0. The maximum absolute atomic E-state index is 5.51. The van der Waals surface area contributed by atoms with E-state index in [9.17, 15) is 0 Å². The molecule has 19 heavy (non-hydrogen) atoms. The Morgan fingerprint density at radius 2 is 2.16 bits per heavy atom. The maximum Gasteiger partial charge on any atom is 0.136 e. The van der Waals surface area contributed by atoms with E-state index in [4.69, 9.17) is 15.2 Å². The lowest BCUT2D eigenvalue weighted by Crippen LogP contribution is -2.12. The Morgan fingerprint density at radius 1 is 1.37 bits per heavy atom. The summed E-state index contributed by atoms with van der Waals surface area (Å²) in [6.07, 6.45) is 0. The van der Waals surface area contributed by atoms with Crippen LogP contribution in [0.4, 0.5) is 0 Å². The molecule has 0 bridgehead atoms. The summed E-state index contributed by atoms with van der Waals surface area (Å²) in [5.41, 5.74) is 7.46. The summed E-state index contributed by atoms with van der Waals surface area (Å²) < 4.78 is 12.9. The molecule has 0 aliphatic rings. The Bertz CT molecular complexity index is 549. The van der Waals surface area contributed by atoms with Gasteiger partial charge < -0.3 is 19.8 Å². The standard InChI is InChI=1S/C14H21N3O2/c1-10(2)17-13-5-4-11(18-3)8-12(13)16-14(17)9-19-7-6-15/h4-5,8,10H,6-7,9,15H2,1-3H3. The van der Waals surface area contributed by atoms with Gasteiger partial charge in [-0.2, -0.15) is 0 Å². The smallest absolute Gasteiger partial charge is 0.136 e. The molecule has 0 saturated carbocycles. The average Bonchev–Trinajstić information content (AvgIpc) is 2.76. The van der Waals surface area contributed by atoms with Gasteiger partial charge in [0.15, 0.2) is 0 Å². The summed E-state index contributed by atoms with van der Waals surface area (Å²) in [5.74, 6) is 1.74. The van der Waals surface area contributed by atoms with E-state index in [-0.39, 0.29) is 0 Å². The summed E-state index contributed by atoms with van der Waals surface area (Å²) in [6, 6.07) is 6.26. The lowest BCUT2D eigenvalue weighted by molar-refractivity contribution is 0.119. The Morgan fingerprint density at radius 3 is 2.79 bits per heavy atom. The predicted octanol–water partition coefficient (Wildman–Crippen LogP) is 2.10. The van der Waals surface area contributed by atoms with Gasteiger partial charge in [-0.1, -0.05) is 0 Å². The number of ether oxygens (including phenoxy) is 2. The van der Waals surface area contributed by atoms with Gasteiger partial charge in [0, 0.05) is 18.7 Å². The molecule has 1 aromatic carbocycles. The third kappa shape index (κ3) is 2.88. The molecule has 0 spiro atoms. The molecular weight excluding hydrogens is 242 g/mol. The van der Waals surface area contributed by atoms with E-state index in [0.717, 1.165) is 22.6 Å². The van der Waals surface area contributed by atoms with Gasteiger partial charge in [0.25, 0.3) is 0 Å². The summed E-state index contributed by atoms with van der Waals surface area (Å²) in [7, 11) is 1.66. The molecule has 0 atom stereocenters. The van der Waals surface area contributed by atoms with Crippen molar-refractivity contribution >= 4 is 11.0 Å². The summed E-state index contributed by atoms with van der Waals surface area (Å²) >= 11 is 0. The van der Waals surface area contributed by atoms with Gasteiger partial charge in [-0.15, -0.1) is 0 Å². The zero-order chi connectivity index (χ0) is 13.8. The van der Waals surface area contributed by atoms with Gasteiger partial charge in [-0.3, -0.25) is 0 Å². The molecule has 1 heterocycles. The van der Waals surface area contributed by atoms with E-state index in [1.807, 2.05) is 18.2 Å². The van der Waals surface area contributed by atoms with Crippen molar-refractivity contribution in [2.45, 2.75) is 26.5 Å². The quantitative estimate of drug-likeness (QED) is 0.811. The number of benzene rings is 1. The Hall–Kier alpha value is -1.59. The normalized spacial score (nSPS) is 11.4. The number of rotatable bonds is 6. The third-order valence-electron chi connectivity index (χ3n) is 2.98. The molecule has 2 aromatic rings. The van der Waals surface area contributed by atoms with E-state index in [1.54, 1.807) is 7.11 Å². The number of hydrogen-bond donors (Lipinski definition) is 1. The van der Waals surface area contributed by atoms with Crippen LogP contribution in [0.25, 0.3) is 11.0 Å². The van der Waals surface area contributed by atoms with Crippen molar-refractivity contribution in [3.8, 4) is 5.75 Å². The number of methoxy groups -OCH3 is 1. The first-order valence-electron chi connectivity index (χ1n) is 6.50. The molecule has 1 aromatic heterocycles. The second kappa shape index (κ2) is 6.04. The van der Waals surface area contributed by atoms with Crippen LogP contribution >= 0.6 is 0 Å². The largest absolute Gasteiger partial charge is 0.497 e. The number of imidazole rings is 1. The van der Waals surface area contributed by atoms with Gasteiger partial charge in [0.05, 0.1) is 24.8 Å². The predicted molar refractivity (Wildman–Crippen MR) is 75.4 cm³/mol. The number of nitrogens with zero attached hydrogens (tertiary/aromatic N) is 2. The fraction of sp³-hybridized carbons (Fsp3) is 0.500. The molecule has 5 heteroatoms. The Balaban J connectivity index is 2.40. The lowest BCUT2D eigenvalue weighted by Gasteiger charge is -2.13. The zero-order valence-electron chi connectivity index (χ0n) is 11.7. The van der Waals surface area contributed by atoms with Crippen molar-refractivity contribution in [2.75, 3.05) is 20.3 Å². The first-order chi connectivity index (χ1) is 9.17. The number of hydrogen-bond acceptors (Lipinski definition) is 4. The third-order valence-corrected chi connectivity index (χ3v) is 2.98. The average molecular weight is 263 g/mol. The Labute approximate surface area is 113 Å². The molecule has 0 unspecified atom stereocenters. The Kier molecular flexibility index (Phi) is 4.39. The molecule has 0 saturated heterocycles. The fourth-order valence-electron chi connectivity index (χ4n) is 2.18. The minimum atomic E-state index is 0.329. The van der Waals surface area contributed by atoms with Crippen molar-refractivity contribution in [3.63, 3.8) is 0 Å². The molecule has 0 fully saturated rings. The molecule has 0 aliphatic carbocycles. The molecule has 0 amide bonds. The van der Waals surface area contributed by atoms with E-state index in [2.05, 4.69) is 23.4 Å². The highest BCUT2D eigenvalue weighted by molar-refractivity contribution is 5.78. The van der Waals surface area contributed by atoms with Gasteiger partial charge in [0.2, 0.25) is 0 Å². The van der Waals surface area contributed by atoms with Crippen LogP contribution in [-0.4, -0.2) is 29.8 Å². The number of nitrogens with two attached hydrogens (primary N) is 1. The van der Waals surface area contributed by atoms with Crippen LogP contribution in [0.3, 0.4) is 0 Å². The monoisotopic (exact) mass is 263 g/mol. The maximum atomic E-state index is 5.51. The minimum Gasteiger partial charge on any atom is -0.497 e. The molecule has 5 nitrogen and oxygen atoms in total. The van der Waals surface area contributed by atoms with Crippen LogP contribution in [0, 0.1) is 0 Å². The molecular formula is C14H21N3O2. The van der Waals surface area contributed by atoms with Crippen molar-refractivity contribution in [2.24, 2.45) is 5.73 Å². The van der Waals surface area contributed by atoms with E-state index in [0.29, 0.717) is 25.8 Å². The van der Waals surface area contributed by atoms with E-state index >= 15 is 0 Å². The summed E-state index contributed by atoms with van der Waals surface area (Å²) in [4.78, 5) is 4.63. The lowest BCUT2D eigenvalue weighted by atomic mass is 10.2. The second-order valence-corrected chi connectivity index (χ2v) is 4.69. The molecule has 104 valence electrons. The minimum absolute atomic E-state index is 0.329. The van der Waals surface area contributed by atoms with Crippen molar-refractivity contribution in [1.82, 2.24) is 9.55 Å². The van der Waals surface area contributed by atoms with Gasteiger partial charge in [-0.05, 0) is 26.0 Å². The summed E-state index contributed by atoms with van der Waals surface area (Å²) in [6.45, 7) is 5.82. The van der Waals surface area contributed by atoms with Crippen LogP contribution in [-0.2, 0) is 11.3 Å². The van der Waals surface area contributed by atoms with Gasteiger partial charge >= 0.3 is 0 Å². The van der Waals surface area contributed by atoms with Crippen molar-refractivity contribution < 1.29 is 9.47 Å². The van der Waals surface area contributed by atoms with E-state index < -0.39 is 0 Å². The highest BCUT2D eigenvalue weighted by Gasteiger charge is 2.13. The van der Waals surface area contributed by atoms with E-state index in [1.165, 1.54) is 0 Å². The molecule has 2 rings (SSSR count). The highest BCUT2D eigenvalue weighted by Crippen LogP contribution is 2.25. The highest BCUT2D eigenvalue weighted by atomic mass is 16.5. The van der Waals surface area contributed by atoms with Crippen molar-refractivity contribution in [1.29, 1.82) is 0 Å². The number of fused-ring (bicyclic) bond motifs is 1. The molecule has 0 radical (unpaired) electrons. The molecule has 2 N–H and O–H groups in total. The first-order valence-corrected chi connectivity index (χ1v) is 6.50. The van der Waals surface area contributed by atoms with Crippen LogP contribution in [0.15, 0.2) is 18.2 Å². The van der Waals surface area contributed by atoms with Crippen LogP contribution < -0.4 is 10.5 Å². The van der Waals surface area contributed by atoms with Gasteiger partial charge in [-0.25, -0.2) is 4.98 Å². The molecule has 0 aliphatic heterocycles. The SMILES string of the molecule is COc1ccc2c(c1)nc(COCCN)n2C(C)C. The van der Waals surface area contributed by atoms with Crippen LogP contribution in [0.1, 0.15) is 25.7 Å². The van der Waals surface area contributed by atoms with Gasteiger partial charge in [0.1, 0.15) is 18.2 Å². The van der Waals surface area contributed by atoms with Crippen molar-refractivity contribution in [3.05, 3.63) is 24.0 Å². The van der Waals surface area contributed by atoms with Crippen LogP contribution in [0.5, 0.6) is 5.75 Å². The van der Waals surface area contributed by atoms with Crippen LogP contribution in [0.2, 0.25) is 0 Å². The first kappa shape index (κ1) is 13.8.